The van der Waals surface area contributed by atoms with Crippen LogP contribution in [0.2, 0.25) is 0 Å². The molecule has 0 saturated carbocycles. The number of nitrogens with zero attached hydrogens (tertiary/aromatic N) is 1. The average Bonchev–Trinajstić information content (AvgIpc) is 2.71. The first-order valence-electron chi connectivity index (χ1n) is 8.16. The second-order valence-corrected chi connectivity index (χ2v) is 5.45. The third kappa shape index (κ3) is 4.94. The van der Waals surface area contributed by atoms with Gasteiger partial charge in [-0.15, -0.1) is 10.9 Å². The highest BCUT2D eigenvalue weighted by Crippen LogP contribution is 2.20. The van der Waals surface area contributed by atoms with Crippen LogP contribution in [0.3, 0.4) is 0 Å². The minimum atomic E-state index is -0.599. The highest BCUT2D eigenvalue weighted by Gasteiger charge is 2.18. The lowest BCUT2D eigenvalue weighted by Crippen LogP contribution is -2.38. The van der Waals surface area contributed by atoms with Gasteiger partial charge in [0.05, 0.1) is 6.04 Å². The summed E-state index contributed by atoms with van der Waals surface area (Å²) in [5.41, 5.74) is 7.62. The quantitative estimate of drug-likeness (QED) is 0.534. The Labute approximate surface area is 152 Å². The van der Waals surface area contributed by atoms with Crippen molar-refractivity contribution in [2.45, 2.75) is 6.04 Å². The Kier molecular flexibility index (Phi) is 5.97. The van der Waals surface area contributed by atoms with Crippen LogP contribution >= 0.6 is 0 Å². The molecule has 0 atom stereocenters. The molecule has 0 aromatic heterocycles. The largest absolute Gasteiger partial charge is 0.620 e. The summed E-state index contributed by atoms with van der Waals surface area (Å²) in [5.74, 6) is 0.559. The van der Waals surface area contributed by atoms with E-state index in [-0.39, 0.29) is 6.04 Å². The van der Waals surface area contributed by atoms with Crippen molar-refractivity contribution in [3.8, 4) is 12.0 Å². The Morgan fingerprint density at radius 1 is 0.808 bits per heavy atom. The van der Waals surface area contributed by atoms with Crippen molar-refractivity contribution in [2.24, 2.45) is 0 Å². The molecule has 5 nitrogen and oxygen atoms in total. The fourth-order valence-corrected chi connectivity index (χ4v) is 2.42. The number of carbonyl (C=O) groups is 1. The lowest BCUT2D eigenvalue weighted by Gasteiger charge is -2.16. The summed E-state index contributed by atoms with van der Waals surface area (Å²) in [7, 11) is 0. The molecule has 2 amide bonds. The van der Waals surface area contributed by atoms with Crippen LogP contribution in [0, 0.1) is 6.26 Å². The molecule has 3 aromatic carbocycles. The number of benzene rings is 3. The molecular weight excluding hydrogens is 326 g/mol. The maximum atomic E-state index is 11.9. The number of rotatable bonds is 5. The van der Waals surface area contributed by atoms with E-state index in [0.29, 0.717) is 5.75 Å². The van der Waals surface area contributed by atoms with Crippen molar-refractivity contribution in [2.75, 3.05) is 0 Å². The van der Waals surface area contributed by atoms with Crippen LogP contribution in [0.25, 0.3) is 4.85 Å². The number of para-hydroxylation sites is 1. The molecule has 0 bridgehead atoms. The topological polar surface area (TPSA) is 54.7 Å². The van der Waals surface area contributed by atoms with Gasteiger partial charge in [-0.2, -0.15) is 4.79 Å². The van der Waals surface area contributed by atoms with E-state index in [1.807, 2.05) is 78.9 Å². The van der Waals surface area contributed by atoms with E-state index in [4.69, 9.17) is 4.74 Å². The molecule has 0 fully saturated rings. The van der Waals surface area contributed by atoms with Gasteiger partial charge in [0, 0.05) is 0 Å². The molecule has 3 rings (SSSR count). The number of ether oxygens (including phenoxy) is 1. The molecule has 5 heteroatoms. The van der Waals surface area contributed by atoms with Gasteiger partial charge in [0.1, 0.15) is 5.75 Å². The second kappa shape index (κ2) is 9.02. The molecule has 0 saturated heterocycles. The van der Waals surface area contributed by atoms with Gasteiger partial charge >= 0.3 is 12.3 Å². The van der Waals surface area contributed by atoms with Gasteiger partial charge in [0.15, 0.2) is 0 Å². The molecule has 3 aromatic rings. The monoisotopic (exact) mass is 344 g/mol. The number of nitrogens with one attached hydrogen (secondary N) is 2. The maximum Gasteiger partial charge on any atom is 0.620 e. The fraction of sp³-hybridized carbons (Fsp3) is 0.0476. The van der Waals surface area contributed by atoms with Gasteiger partial charge in [-0.05, 0) is 23.3 Å². The number of hydrogen-bond donors (Lipinski definition) is 2. The van der Waals surface area contributed by atoms with Crippen LogP contribution in [0.4, 0.5) is 4.79 Å². The van der Waals surface area contributed by atoms with Gasteiger partial charge in [-0.3, -0.25) is 0 Å². The van der Waals surface area contributed by atoms with Crippen molar-refractivity contribution >= 4 is 6.03 Å². The molecule has 26 heavy (non-hydrogen) atoms. The fourth-order valence-electron chi connectivity index (χ4n) is 2.42. The molecule has 0 aliphatic rings. The van der Waals surface area contributed by atoms with Crippen molar-refractivity contribution in [1.82, 2.24) is 10.9 Å². The Morgan fingerprint density at radius 3 is 1.85 bits per heavy atom. The zero-order chi connectivity index (χ0) is 18.0. The number of urea groups is 1. The Balaban J connectivity index is 1.64. The standard InChI is InChI=1S/C21H17N3O2/c25-21(22-16-26-19-14-8-3-9-15-19)24-23-20(17-10-4-1-5-11-17)18-12-6-2-7-13-18/h1-15,20,23H/p+1. The number of hydrazine groups is 1. The summed E-state index contributed by atoms with van der Waals surface area (Å²) in [4.78, 5) is 15.5. The molecule has 128 valence electrons. The minimum absolute atomic E-state index is 0.202. The molecule has 0 radical (unpaired) electrons. The third-order valence-corrected chi connectivity index (χ3v) is 3.64. The van der Waals surface area contributed by atoms with Gasteiger partial charge in [-0.1, -0.05) is 83.7 Å². The highest BCUT2D eigenvalue weighted by molar-refractivity contribution is 5.84. The molecule has 0 aliphatic heterocycles. The molecule has 2 N–H and O–H groups in total. The van der Waals surface area contributed by atoms with Gasteiger partial charge in [0.2, 0.25) is 0 Å². The second-order valence-electron chi connectivity index (χ2n) is 5.45. The first-order valence-corrected chi connectivity index (χ1v) is 8.16. The Morgan fingerprint density at radius 2 is 1.31 bits per heavy atom. The van der Waals surface area contributed by atoms with Crippen molar-refractivity contribution < 1.29 is 9.53 Å². The zero-order valence-electron chi connectivity index (χ0n) is 14.0. The van der Waals surface area contributed by atoms with E-state index < -0.39 is 6.03 Å². The van der Waals surface area contributed by atoms with Crippen LogP contribution in [-0.2, 0) is 0 Å². The summed E-state index contributed by atoms with van der Waals surface area (Å²) < 4.78 is 5.15. The number of amides is 2. The molecule has 0 aliphatic carbocycles. The van der Waals surface area contributed by atoms with Crippen LogP contribution in [0.1, 0.15) is 17.2 Å². The van der Waals surface area contributed by atoms with Crippen molar-refractivity contribution in [1.29, 1.82) is 0 Å². The summed E-state index contributed by atoms with van der Waals surface area (Å²) in [6.07, 6.45) is 2.28. The maximum absolute atomic E-state index is 11.9. The van der Waals surface area contributed by atoms with E-state index >= 15 is 0 Å². The molecule has 0 spiro atoms. The first-order chi connectivity index (χ1) is 12.8. The SMILES string of the molecule is O=C([N+]#COc1ccccc1)NNC(c1ccccc1)c1ccccc1. The molecular formula is C21H18N3O2+. The van der Waals surface area contributed by atoms with E-state index in [1.165, 1.54) is 0 Å². The van der Waals surface area contributed by atoms with E-state index in [9.17, 15) is 4.79 Å². The molecule has 0 unspecified atom stereocenters. The van der Waals surface area contributed by atoms with Gasteiger partial charge in [0.25, 0.3) is 0 Å². The predicted molar refractivity (Wildman–Crippen MR) is 101 cm³/mol. The van der Waals surface area contributed by atoms with Crippen LogP contribution in [0.5, 0.6) is 5.75 Å². The van der Waals surface area contributed by atoms with E-state index in [2.05, 4.69) is 22.0 Å². The summed E-state index contributed by atoms with van der Waals surface area (Å²) in [6, 6.07) is 27.9. The lowest BCUT2D eigenvalue weighted by molar-refractivity contribution is 0.249. The minimum Gasteiger partial charge on any atom is -0.371 e. The zero-order valence-corrected chi connectivity index (χ0v) is 14.0. The van der Waals surface area contributed by atoms with Crippen molar-refractivity contribution in [3.05, 3.63) is 107 Å². The smallest absolute Gasteiger partial charge is 0.371 e. The Bertz CT molecular complexity index is 849. The van der Waals surface area contributed by atoms with Crippen molar-refractivity contribution in [3.63, 3.8) is 0 Å². The van der Waals surface area contributed by atoms with E-state index in [0.717, 1.165) is 11.1 Å². The van der Waals surface area contributed by atoms with Crippen LogP contribution in [-0.4, -0.2) is 6.03 Å². The predicted octanol–water partition coefficient (Wildman–Crippen LogP) is 4.36. The average molecular weight is 344 g/mol. The van der Waals surface area contributed by atoms with Crippen LogP contribution in [0.15, 0.2) is 91.0 Å². The van der Waals surface area contributed by atoms with Gasteiger partial charge < -0.3 is 4.74 Å². The number of hydrogen-bond acceptors (Lipinski definition) is 3. The number of carbonyl (C=O) groups excluding carboxylic acids is 1. The van der Waals surface area contributed by atoms with Gasteiger partial charge in [-0.25, -0.2) is 0 Å². The summed E-state index contributed by atoms with van der Waals surface area (Å²) in [5, 5.41) is 0. The summed E-state index contributed by atoms with van der Waals surface area (Å²) in [6.45, 7) is 0. The molecule has 0 heterocycles. The Hall–Kier alpha value is -3.62. The normalized spacial score (nSPS) is 9.88. The third-order valence-electron chi connectivity index (χ3n) is 3.64. The summed E-state index contributed by atoms with van der Waals surface area (Å²) >= 11 is 0. The first kappa shape index (κ1) is 17.2. The highest BCUT2D eigenvalue weighted by atomic mass is 16.5. The van der Waals surface area contributed by atoms with Crippen LogP contribution < -0.4 is 15.6 Å². The van der Waals surface area contributed by atoms with E-state index in [1.54, 1.807) is 12.1 Å². The lowest BCUT2D eigenvalue weighted by atomic mass is 9.99.